The van der Waals surface area contributed by atoms with E-state index < -0.39 is 18.0 Å². The van der Waals surface area contributed by atoms with Crippen molar-refractivity contribution in [1.82, 2.24) is 4.98 Å². The second-order valence-corrected chi connectivity index (χ2v) is 6.34. The van der Waals surface area contributed by atoms with Gasteiger partial charge in [-0.2, -0.15) is 0 Å². The van der Waals surface area contributed by atoms with E-state index in [1.54, 1.807) is 35.6 Å². The van der Waals surface area contributed by atoms with E-state index in [4.69, 9.17) is 5.11 Å². The Hall–Kier alpha value is -2.44. The van der Waals surface area contributed by atoms with Crippen LogP contribution in [0.15, 0.2) is 48.5 Å². The summed E-state index contributed by atoms with van der Waals surface area (Å²) in [5, 5.41) is 23.0. The molecule has 1 heterocycles. The molecule has 0 amide bonds. The zero-order chi connectivity index (χ0) is 16.4. The molecule has 0 aliphatic rings. The van der Waals surface area contributed by atoms with Crippen LogP contribution < -0.4 is 5.32 Å². The lowest BCUT2D eigenvalue weighted by Crippen LogP contribution is -2.18. The first-order valence-electron chi connectivity index (χ1n) is 7.18. The van der Waals surface area contributed by atoms with Crippen LogP contribution in [0.2, 0.25) is 0 Å². The maximum Gasteiger partial charge on any atom is 0.309 e. The van der Waals surface area contributed by atoms with E-state index in [9.17, 15) is 9.90 Å². The zero-order valence-corrected chi connectivity index (χ0v) is 13.2. The van der Waals surface area contributed by atoms with Gasteiger partial charge in [0.05, 0.1) is 22.2 Å². The topological polar surface area (TPSA) is 82.5 Å². The molecule has 1 aromatic heterocycles. The third-order valence-electron chi connectivity index (χ3n) is 3.66. The minimum absolute atomic E-state index is 0.578. The Kier molecular flexibility index (Phi) is 4.27. The third-order valence-corrected chi connectivity index (χ3v) is 4.61. The summed E-state index contributed by atoms with van der Waals surface area (Å²) in [6.07, 6.45) is -1.02. The average Bonchev–Trinajstić information content (AvgIpc) is 2.96. The fourth-order valence-electron chi connectivity index (χ4n) is 2.24. The van der Waals surface area contributed by atoms with Gasteiger partial charge in [-0.1, -0.05) is 35.6 Å². The number of aliphatic hydroxyl groups excluding tert-OH is 1. The molecule has 0 fully saturated rings. The highest BCUT2D eigenvalue weighted by Crippen LogP contribution is 2.29. The van der Waals surface area contributed by atoms with Crippen molar-refractivity contribution in [2.24, 2.45) is 5.92 Å². The molecule has 3 N–H and O–H groups in total. The first-order chi connectivity index (χ1) is 11.0. The highest BCUT2D eigenvalue weighted by molar-refractivity contribution is 7.22. The van der Waals surface area contributed by atoms with Crippen LogP contribution in [0, 0.1) is 5.92 Å². The van der Waals surface area contributed by atoms with Crippen molar-refractivity contribution in [2.75, 3.05) is 5.32 Å². The van der Waals surface area contributed by atoms with Gasteiger partial charge in [0, 0.05) is 5.69 Å². The van der Waals surface area contributed by atoms with Crippen molar-refractivity contribution >= 4 is 38.3 Å². The molecule has 2 aromatic carbocycles. The van der Waals surface area contributed by atoms with Crippen molar-refractivity contribution in [3.63, 3.8) is 0 Å². The summed E-state index contributed by atoms with van der Waals surface area (Å²) in [6, 6.07) is 15.0. The number of fused-ring (bicyclic) bond motifs is 1. The molecule has 6 heteroatoms. The highest BCUT2D eigenvalue weighted by atomic mass is 32.1. The molecule has 0 aliphatic carbocycles. The van der Waals surface area contributed by atoms with Crippen molar-refractivity contribution in [3.05, 3.63) is 54.1 Å². The molecular weight excluding hydrogens is 312 g/mol. The Labute approximate surface area is 137 Å². The first kappa shape index (κ1) is 15.5. The van der Waals surface area contributed by atoms with E-state index in [1.807, 2.05) is 24.3 Å². The van der Waals surface area contributed by atoms with Gasteiger partial charge in [-0.15, -0.1) is 0 Å². The van der Waals surface area contributed by atoms with E-state index in [-0.39, 0.29) is 0 Å². The summed E-state index contributed by atoms with van der Waals surface area (Å²) in [5.41, 5.74) is 2.36. The molecule has 2 unspecified atom stereocenters. The zero-order valence-electron chi connectivity index (χ0n) is 12.4. The number of thiazole rings is 1. The SMILES string of the molecule is CC(C(=O)O)C(O)c1ccc(Nc2nc3ccccc3s2)cc1. The van der Waals surface area contributed by atoms with Crippen LogP contribution in [0.4, 0.5) is 10.8 Å². The van der Waals surface area contributed by atoms with Gasteiger partial charge in [0.2, 0.25) is 0 Å². The first-order valence-corrected chi connectivity index (χ1v) is 7.99. The number of nitrogens with one attached hydrogen (secondary N) is 1. The lowest BCUT2D eigenvalue weighted by atomic mass is 9.97. The lowest BCUT2D eigenvalue weighted by molar-refractivity contribution is -0.145. The molecule has 0 radical (unpaired) electrons. The second kappa shape index (κ2) is 6.36. The number of nitrogens with zero attached hydrogens (tertiary/aromatic N) is 1. The van der Waals surface area contributed by atoms with Crippen LogP contribution in [0.3, 0.4) is 0 Å². The van der Waals surface area contributed by atoms with Gasteiger partial charge >= 0.3 is 5.97 Å². The number of anilines is 2. The molecule has 5 nitrogen and oxygen atoms in total. The van der Waals surface area contributed by atoms with Crippen molar-refractivity contribution in [1.29, 1.82) is 0 Å². The van der Waals surface area contributed by atoms with Crippen molar-refractivity contribution in [2.45, 2.75) is 13.0 Å². The van der Waals surface area contributed by atoms with Gasteiger partial charge in [0.1, 0.15) is 0 Å². The molecule has 2 atom stereocenters. The number of benzene rings is 2. The quantitative estimate of drug-likeness (QED) is 0.664. The van der Waals surface area contributed by atoms with E-state index >= 15 is 0 Å². The predicted molar refractivity (Wildman–Crippen MR) is 91.1 cm³/mol. The Morgan fingerprint density at radius 1 is 1.17 bits per heavy atom. The molecule has 118 valence electrons. The molecule has 0 aliphatic heterocycles. The Balaban J connectivity index is 1.75. The number of carboxylic acid groups (broad SMARTS) is 1. The molecule has 0 bridgehead atoms. The number of aliphatic hydroxyl groups is 1. The maximum absolute atomic E-state index is 10.9. The molecule has 3 rings (SSSR count). The van der Waals surface area contributed by atoms with Gasteiger partial charge in [-0.3, -0.25) is 4.79 Å². The minimum Gasteiger partial charge on any atom is -0.481 e. The van der Waals surface area contributed by atoms with Crippen LogP contribution in [-0.4, -0.2) is 21.2 Å². The highest BCUT2D eigenvalue weighted by Gasteiger charge is 2.22. The Morgan fingerprint density at radius 3 is 2.52 bits per heavy atom. The number of aliphatic carboxylic acids is 1. The number of carbonyl (C=O) groups is 1. The fourth-order valence-corrected chi connectivity index (χ4v) is 3.12. The molecule has 3 aromatic rings. The predicted octanol–water partition coefficient (Wildman–Crippen LogP) is 3.79. The fraction of sp³-hybridized carbons (Fsp3) is 0.176. The van der Waals surface area contributed by atoms with Crippen LogP contribution >= 0.6 is 11.3 Å². The van der Waals surface area contributed by atoms with E-state index in [0.717, 1.165) is 21.0 Å². The number of para-hydroxylation sites is 1. The average molecular weight is 328 g/mol. The van der Waals surface area contributed by atoms with Gasteiger partial charge in [0.25, 0.3) is 0 Å². The van der Waals surface area contributed by atoms with Gasteiger partial charge in [-0.05, 0) is 36.8 Å². The largest absolute Gasteiger partial charge is 0.481 e. The maximum atomic E-state index is 10.9. The minimum atomic E-state index is -1.02. The summed E-state index contributed by atoms with van der Waals surface area (Å²) >= 11 is 1.56. The monoisotopic (exact) mass is 328 g/mol. The van der Waals surface area contributed by atoms with Crippen LogP contribution in [0.5, 0.6) is 0 Å². The van der Waals surface area contributed by atoms with Gasteiger partial charge < -0.3 is 15.5 Å². The number of hydrogen-bond donors (Lipinski definition) is 3. The second-order valence-electron chi connectivity index (χ2n) is 5.31. The molecular formula is C17H16N2O3S. The third kappa shape index (κ3) is 3.33. The molecule has 0 saturated carbocycles. The summed E-state index contributed by atoms with van der Waals surface area (Å²) in [6.45, 7) is 1.49. The van der Waals surface area contributed by atoms with Gasteiger partial charge in [-0.25, -0.2) is 4.98 Å². The van der Waals surface area contributed by atoms with Crippen LogP contribution in [-0.2, 0) is 4.79 Å². The number of carboxylic acids is 1. The van der Waals surface area contributed by atoms with Crippen molar-refractivity contribution in [3.8, 4) is 0 Å². The normalized spacial score (nSPS) is 13.7. The number of hydrogen-bond acceptors (Lipinski definition) is 5. The molecule has 23 heavy (non-hydrogen) atoms. The van der Waals surface area contributed by atoms with E-state index in [1.165, 1.54) is 6.92 Å². The Morgan fingerprint density at radius 2 is 1.87 bits per heavy atom. The van der Waals surface area contributed by atoms with Gasteiger partial charge in [0.15, 0.2) is 5.13 Å². The summed E-state index contributed by atoms with van der Waals surface area (Å²) < 4.78 is 1.11. The van der Waals surface area contributed by atoms with Crippen LogP contribution in [0.1, 0.15) is 18.6 Å². The number of rotatable bonds is 5. The number of aromatic nitrogens is 1. The van der Waals surface area contributed by atoms with E-state index in [0.29, 0.717) is 5.56 Å². The van der Waals surface area contributed by atoms with Crippen LogP contribution in [0.25, 0.3) is 10.2 Å². The van der Waals surface area contributed by atoms with E-state index in [2.05, 4.69) is 10.3 Å². The van der Waals surface area contributed by atoms with Crippen molar-refractivity contribution < 1.29 is 15.0 Å². The summed E-state index contributed by atoms with van der Waals surface area (Å²) in [4.78, 5) is 15.4. The standard InChI is InChI=1S/C17H16N2O3S/c1-10(16(21)22)15(20)11-6-8-12(9-7-11)18-17-19-13-4-2-3-5-14(13)23-17/h2-10,15,20H,1H3,(H,18,19)(H,21,22). The molecule has 0 spiro atoms. The smallest absolute Gasteiger partial charge is 0.309 e. The summed E-state index contributed by atoms with van der Waals surface area (Å²) in [5.74, 6) is -1.87. The lowest BCUT2D eigenvalue weighted by Gasteiger charge is -2.15. The molecule has 0 saturated heterocycles. The summed E-state index contributed by atoms with van der Waals surface area (Å²) in [7, 11) is 0. The Bertz CT molecular complexity index is 796.